The number of anilines is 1. The van der Waals surface area contributed by atoms with Gasteiger partial charge in [0.2, 0.25) is 11.8 Å². The fourth-order valence-electron chi connectivity index (χ4n) is 3.10. The number of methoxy groups -OCH3 is 1. The molecule has 0 radical (unpaired) electrons. The molecule has 0 aromatic heterocycles. The number of carbonyl (C=O) groups excluding carboxylic acids is 2. The first-order chi connectivity index (χ1) is 13.1. The molecular formula is C21H24N2O4. The zero-order chi connectivity index (χ0) is 19.2. The second-order valence-corrected chi connectivity index (χ2v) is 6.40. The van der Waals surface area contributed by atoms with Gasteiger partial charge in [-0.05, 0) is 48.9 Å². The Kier molecular flexibility index (Phi) is 5.96. The highest BCUT2D eigenvalue weighted by atomic mass is 16.5. The maximum atomic E-state index is 12.5. The number of hydrogen-bond donors (Lipinski definition) is 1. The summed E-state index contributed by atoms with van der Waals surface area (Å²) in [7, 11) is 1.60. The van der Waals surface area contributed by atoms with Gasteiger partial charge in [-0.25, -0.2) is 0 Å². The van der Waals surface area contributed by atoms with Crippen molar-refractivity contribution >= 4 is 17.5 Å². The lowest BCUT2D eigenvalue weighted by molar-refractivity contribution is -0.126. The van der Waals surface area contributed by atoms with E-state index in [1.54, 1.807) is 12.0 Å². The first kappa shape index (κ1) is 18.8. The SMILES string of the molecule is CCOc1ccc(CNC(=O)[C@H]2CC(=O)N(c3ccc(OC)cc3)C2)cc1. The summed E-state index contributed by atoms with van der Waals surface area (Å²) in [5.41, 5.74) is 1.77. The Morgan fingerprint density at radius 3 is 2.41 bits per heavy atom. The first-order valence-corrected chi connectivity index (χ1v) is 9.04. The quantitative estimate of drug-likeness (QED) is 0.816. The van der Waals surface area contributed by atoms with Gasteiger partial charge in [-0.3, -0.25) is 9.59 Å². The third-order valence-corrected chi connectivity index (χ3v) is 4.58. The van der Waals surface area contributed by atoms with Gasteiger partial charge in [-0.2, -0.15) is 0 Å². The molecule has 0 saturated carbocycles. The average molecular weight is 368 g/mol. The molecule has 0 unspecified atom stereocenters. The average Bonchev–Trinajstić information content (AvgIpc) is 3.09. The molecule has 1 atom stereocenters. The molecule has 2 aromatic rings. The van der Waals surface area contributed by atoms with Crippen LogP contribution in [0.15, 0.2) is 48.5 Å². The molecule has 27 heavy (non-hydrogen) atoms. The molecule has 0 spiro atoms. The smallest absolute Gasteiger partial charge is 0.227 e. The van der Waals surface area contributed by atoms with Gasteiger partial charge >= 0.3 is 0 Å². The van der Waals surface area contributed by atoms with Gasteiger partial charge in [0.1, 0.15) is 11.5 Å². The molecule has 0 bridgehead atoms. The van der Waals surface area contributed by atoms with E-state index < -0.39 is 0 Å². The summed E-state index contributed by atoms with van der Waals surface area (Å²) in [6.45, 7) is 3.38. The van der Waals surface area contributed by atoms with Crippen LogP contribution < -0.4 is 19.7 Å². The topological polar surface area (TPSA) is 67.9 Å². The van der Waals surface area contributed by atoms with E-state index in [2.05, 4.69) is 5.32 Å². The van der Waals surface area contributed by atoms with Crippen LogP contribution in [-0.2, 0) is 16.1 Å². The highest BCUT2D eigenvalue weighted by molar-refractivity contribution is 6.00. The van der Waals surface area contributed by atoms with Crippen molar-refractivity contribution in [1.29, 1.82) is 0 Å². The lowest BCUT2D eigenvalue weighted by Crippen LogP contribution is -2.32. The van der Waals surface area contributed by atoms with Crippen LogP contribution in [0.3, 0.4) is 0 Å². The summed E-state index contributed by atoms with van der Waals surface area (Å²) >= 11 is 0. The van der Waals surface area contributed by atoms with Gasteiger partial charge in [0.15, 0.2) is 0 Å². The monoisotopic (exact) mass is 368 g/mol. The molecule has 3 rings (SSSR count). The predicted molar refractivity (Wildman–Crippen MR) is 103 cm³/mol. The minimum Gasteiger partial charge on any atom is -0.497 e. The van der Waals surface area contributed by atoms with Crippen molar-refractivity contribution in [3.63, 3.8) is 0 Å². The number of amides is 2. The van der Waals surface area contributed by atoms with Crippen molar-refractivity contribution in [2.75, 3.05) is 25.2 Å². The summed E-state index contributed by atoms with van der Waals surface area (Å²) in [5.74, 6) is 1.05. The van der Waals surface area contributed by atoms with E-state index in [0.29, 0.717) is 19.7 Å². The van der Waals surface area contributed by atoms with Gasteiger partial charge in [0, 0.05) is 25.2 Å². The fourth-order valence-corrected chi connectivity index (χ4v) is 3.10. The number of hydrogen-bond acceptors (Lipinski definition) is 4. The fraction of sp³-hybridized carbons (Fsp3) is 0.333. The van der Waals surface area contributed by atoms with E-state index in [4.69, 9.17) is 9.47 Å². The highest BCUT2D eigenvalue weighted by Gasteiger charge is 2.34. The number of nitrogens with zero attached hydrogens (tertiary/aromatic N) is 1. The Morgan fingerprint density at radius 2 is 1.78 bits per heavy atom. The third kappa shape index (κ3) is 4.58. The van der Waals surface area contributed by atoms with E-state index in [1.165, 1.54) is 0 Å². The zero-order valence-corrected chi connectivity index (χ0v) is 15.6. The molecule has 142 valence electrons. The minimum absolute atomic E-state index is 0.0404. The molecule has 1 aliphatic heterocycles. The molecular weight excluding hydrogens is 344 g/mol. The number of carbonyl (C=O) groups is 2. The van der Waals surface area contributed by atoms with Gasteiger partial charge in [0.05, 0.1) is 19.6 Å². The minimum atomic E-state index is -0.345. The van der Waals surface area contributed by atoms with Crippen LogP contribution in [0.2, 0.25) is 0 Å². The highest BCUT2D eigenvalue weighted by Crippen LogP contribution is 2.27. The molecule has 6 nitrogen and oxygen atoms in total. The Morgan fingerprint density at radius 1 is 1.11 bits per heavy atom. The molecule has 0 aliphatic carbocycles. The molecule has 2 amide bonds. The number of nitrogens with one attached hydrogen (secondary N) is 1. The van der Waals surface area contributed by atoms with Crippen LogP contribution >= 0.6 is 0 Å². The van der Waals surface area contributed by atoms with Gasteiger partial charge < -0.3 is 19.7 Å². The van der Waals surface area contributed by atoms with Crippen molar-refractivity contribution in [2.45, 2.75) is 19.9 Å². The van der Waals surface area contributed by atoms with Gasteiger partial charge in [-0.15, -0.1) is 0 Å². The summed E-state index contributed by atoms with van der Waals surface area (Å²) in [4.78, 5) is 26.4. The van der Waals surface area contributed by atoms with Crippen LogP contribution in [-0.4, -0.2) is 32.1 Å². The molecule has 1 N–H and O–H groups in total. The molecule has 1 saturated heterocycles. The van der Waals surface area contributed by atoms with E-state index >= 15 is 0 Å². The Labute approximate surface area is 159 Å². The lowest BCUT2D eigenvalue weighted by Gasteiger charge is -2.17. The van der Waals surface area contributed by atoms with Crippen LogP contribution in [0.4, 0.5) is 5.69 Å². The van der Waals surface area contributed by atoms with Crippen molar-refractivity contribution in [3.05, 3.63) is 54.1 Å². The molecule has 1 fully saturated rings. The van der Waals surface area contributed by atoms with Crippen LogP contribution in [0.1, 0.15) is 18.9 Å². The van der Waals surface area contributed by atoms with Gasteiger partial charge in [0.25, 0.3) is 0 Å². The summed E-state index contributed by atoms with van der Waals surface area (Å²) in [6.07, 6.45) is 0.223. The van der Waals surface area contributed by atoms with Crippen molar-refractivity contribution in [1.82, 2.24) is 5.32 Å². The summed E-state index contributed by atoms with van der Waals surface area (Å²) in [6, 6.07) is 14.9. The largest absolute Gasteiger partial charge is 0.497 e. The molecule has 1 heterocycles. The van der Waals surface area contributed by atoms with E-state index in [1.807, 2.05) is 55.5 Å². The Hall–Kier alpha value is -3.02. The first-order valence-electron chi connectivity index (χ1n) is 9.04. The summed E-state index contributed by atoms with van der Waals surface area (Å²) in [5, 5.41) is 2.92. The Balaban J connectivity index is 1.55. The maximum Gasteiger partial charge on any atom is 0.227 e. The van der Waals surface area contributed by atoms with Crippen LogP contribution in [0.25, 0.3) is 0 Å². The van der Waals surface area contributed by atoms with E-state index in [-0.39, 0.29) is 24.2 Å². The predicted octanol–water partition coefficient (Wildman–Crippen LogP) is 2.76. The van der Waals surface area contributed by atoms with Crippen LogP contribution in [0, 0.1) is 5.92 Å². The standard InChI is InChI=1S/C21H24N2O4/c1-3-27-19-8-4-15(5-9-19)13-22-21(25)16-12-20(24)23(14-16)17-6-10-18(26-2)11-7-17/h4-11,16H,3,12-14H2,1-2H3,(H,22,25)/t16-/m0/s1. The van der Waals surface area contributed by atoms with E-state index in [9.17, 15) is 9.59 Å². The summed E-state index contributed by atoms with van der Waals surface area (Å²) < 4.78 is 10.5. The molecule has 6 heteroatoms. The zero-order valence-electron chi connectivity index (χ0n) is 15.6. The van der Waals surface area contributed by atoms with Crippen molar-refractivity contribution in [3.8, 4) is 11.5 Å². The second kappa shape index (κ2) is 8.58. The number of benzene rings is 2. The normalized spacial score (nSPS) is 16.3. The Bertz CT molecular complexity index is 787. The number of ether oxygens (including phenoxy) is 2. The van der Waals surface area contributed by atoms with Gasteiger partial charge in [-0.1, -0.05) is 12.1 Å². The maximum absolute atomic E-state index is 12.5. The van der Waals surface area contributed by atoms with E-state index in [0.717, 1.165) is 22.7 Å². The lowest BCUT2D eigenvalue weighted by atomic mass is 10.1. The number of rotatable bonds is 7. The van der Waals surface area contributed by atoms with Crippen molar-refractivity contribution < 1.29 is 19.1 Å². The molecule has 1 aliphatic rings. The third-order valence-electron chi connectivity index (χ3n) is 4.58. The molecule has 2 aromatic carbocycles. The van der Waals surface area contributed by atoms with Crippen LogP contribution in [0.5, 0.6) is 11.5 Å². The van der Waals surface area contributed by atoms with Crippen molar-refractivity contribution in [2.24, 2.45) is 5.92 Å². The second-order valence-electron chi connectivity index (χ2n) is 6.40.